The molecule has 2 aliphatic heterocycles. The number of carbonyl (C=O) groups excluding carboxylic acids is 3. The molecule has 2 heterocycles. The zero-order valence-corrected chi connectivity index (χ0v) is 12.1. The largest absolute Gasteiger partial charge is 0.439 e. The van der Waals surface area contributed by atoms with E-state index in [4.69, 9.17) is 0 Å². The smallest absolute Gasteiger partial charge is 0.417 e. The minimum Gasteiger partial charge on any atom is -0.439 e. The van der Waals surface area contributed by atoms with Crippen LogP contribution in [0.3, 0.4) is 0 Å². The van der Waals surface area contributed by atoms with Gasteiger partial charge in [-0.3, -0.25) is 9.59 Å². The highest BCUT2D eigenvalue weighted by Crippen LogP contribution is 2.23. The minimum absolute atomic E-state index is 0.203. The highest BCUT2D eigenvalue weighted by molar-refractivity contribution is 5.98. The molecule has 0 spiro atoms. The number of cyclic esters (lactones) is 1. The summed E-state index contributed by atoms with van der Waals surface area (Å²) in [7, 11) is 0. The molecule has 0 atom stereocenters. The Kier molecular flexibility index (Phi) is 3.97. The molecule has 0 N–H and O–H groups in total. The first-order valence-corrected chi connectivity index (χ1v) is 7.21. The van der Waals surface area contributed by atoms with Gasteiger partial charge in [0, 0.05) is 19.1 Å². The van der Waals surface area contributed by atoms with Crippen molar-refractivity contribution in [2.24, 2.45) is 0 Å². The Morgan fingerprint density at radius 1 is 1.13 bits per heavy atom. The summed E-state index contributed by atoms with van der Waals surface area (Å²) in [6.07, 6.45) is 0.0191. The van der Waals surface area contributed by atoms with Crippen molar-refractivity contribution in [3.8, 4) is 0 Å². The number of halogens is 2. The van der Waals surface area contributed by atoms with Crippen molar-refractivity contribution in [2.45, 2.75) is 18.9 Å². The number of hydrogen-bond donors (Lipinski definition) is 0. The van der Waals surface area contributed by atoms with Gasteiger partial charge in [-0.2, -0.15) is 0 Å². The van der Waals surface area contributed by atoms with Crippen molar-refractivity contribution in [1.29, 1.82) is 0 Å². The van der Waals surface area contributed by atoms with E-state index in [0.29, 0.717) is 12.8 Å². The number of nitrogens with zero attached hydrogens (tertiary/aromatic N) is 2. The van der Waals surface area contributed by atoms with E-state index in [-0.39, 0.29) is 25.7 Å². The number of likely N-dealkylation sites (tertiary alicyclic amines) is 1. The second-order valence-corrected chi connectivity index (χ2v) is 5.44. The number of ether oxygens (including phenoxy) is 1. The summed E-state index contributed by atoms with van der Waals surface area (Å²) in [6, 6.07) is 2.90. The molecule has 2 fully saturated rings. The van der Waals surface area contributed by atoms with Gasteiger partial charge in [0.05, 0.1) is 0 Å². The molecule has 3 amide bonds. The quantitative estimate of drug-likeness (QED) is 0.828. The van der Waals surface area contributed by atoms with Crippen molar-refractivity contribution in [3.63, 3.8) is 0 Å². The normalized spacial score (nSPS) is 19.2. The number of benzene rings is 1. The van der Waals surface area contributed by atoms with E-state index < -0.39 is 35.1 Å². The number of carbonyl (C=O) groups is 3. The van der Waals surface area contributed by atoms with E-state index >= 15 is 0 Å². The summed E-state index contributed by atoms with van der Waals surface area (Å²) in [5, 5.41) is 0. The van der Waals surface area contributed by atoms with Gasteiger partial charge in [0.15, 0.2) is 6.61 Å². The van der Waals surface area contributed by atoms with E-state index in [1.807, 2.05) is 0 Å². The first kappa shape index (κ1) is 15.4. The molecule has 0 aromatic heterocycles. The standard InChI is InChI=1S/C15H14F2N2O4/c16-10-2-1-3-11(17)13(10)14(21)18-6-4-9(5-7-18)19-12(20)8-23-15(19)22/h1-3,9H,4-8H2. The van der Waals surface area contributed by atoms with E-state index in [1.54, 1.807) is 0 Å². The predicted octanol–water partition coefficient (Wildman–Crippen LogP) is 1.55. The van der Waals surface area contributed by atoms with Crippen LogP contribution in [0.5, 0.6) is 0 Å². The van der Waals surface area contributed by atoms with Crippen LogP contribution in [-0.2, 0) is 9.53 Å². The lowest BCUT2D eigenvalue weighted by Gasteiger charge is -2.34. The van der Waals surface area contributed by atoms with E-state index in [2.05, 4.69) is 4.74 Å². The topological polar surface area (TPSA) is 66.9 Å². The SMILES string of the molecule is O=C(c1c(F)cccc1F)N1CCC(N2C(=O)COC2=O)CC1. The fourth-order valence-corrected chi connectivity index (χ4v) is 2.90. The van der Waals surface area contributed by atoms with Crippen molar-refractivity contribution < 1.29 is 27.9 Å². The van der Waals surface area contributed by atoms with E-state index in [0.717, 1.165) is 17.0 Å². The van der Waals surface area contributed by atoms with Gasteiger partial charge in [-0.15, -0.1) is 0 Å². The Morgan fingerprint density at radius 3 is 2.26 bits per heavy atom. The van der Waals surface area contributed by atoms with Crippen molar-refractivity contribution >= 4 is 17.9 Å². The lowest BCUT2D eigenvalue weighted by atomic mass is 10.0. The summed E-state index contributed by atoms with van der Waals surface area (Å²) in [6.45, 7) is 0.140. The third-order valence-corrected chi connectivity index (χ3v) is 4.08. The summed E-state index contributed by atoms with van der Waals surface area (Å²) >= 11 is 0. The first-order valence-electron chi connectivity index (χ1n) is 7.21. The minimum atomic E-state index is -0.907. The molecule has 1 aromatic carbocycles. The van der Waals surface area contributed by atoms with Crippen LogP contribution in [0.25, 0.3) is 0 Å². The van der Waals surface area contributed by atoms with Gasteiger partial charge in [-0.05, 0) is 25.0 Å². The van der Waals surface area contributed by atoms with Gasteiger partial charge in [0.25, 0.3) is 11.8 Å². The van der Waals surface area contributed by atoms with Crippen LogP contribution >= 0.6 is 0 Å². The highest BCUT2D eigenvalue weighted by Gasteiger charge is 2.39. The average molecular weight is 324 g/mol. The summed E-state index contributed by atoms with van der Waals surface area (Å²) in [4.78, 5) is 37.8. The molecule has 0 saturated carbocycles. The lowest BCUT2D eigenvalue weighted by molar-refractivity contribution is -0.127. The number of amides is 3. The lowest BCUT2D eigenvalue weighted by Crippen LogP contribution is -2.48. The van der Waals surface area contributed by atoms with E-state index in [9.17, 15) is 23.2 Å². The number of hydrogen-bond acceptors (Lipinski definition) is 4. The van der Waals surface area contributed by atoms with Crippen LogP contribution in [0.15, 0.2) is 18.2 Å². The van der Waals surface area contributed by atoms with Crippen LogP contribution in [0.1, 0.15) is 23.2 Å². The molecule has 6 nitrogen and oxygen atoms in total. The molecule has 0 unspecified atom stereocenters. The first-order chi connectivity index (χ1) is 11.0. The molecule has 8 heteroatoms. The van der Waals surface area contributed by atoms with Gasteiger partial charge in [0.2, 0.25) is 0 Å². The second kappa shape index (κ2) is 5.94. The molecule has 0 bridgehead atoms. The fraction of sp³-hybridized carbons (Fsp3) is 0.400. The van der Waals surface area contributed by atoms with Gasteiger partial charge < -0.3 is 9.64 Å². The van der Waals surface area contributed by atoms with Crippen LogP contribution in [0.2, 0.25) is 0 Å². The molecular formula is C15H14F2N2O4. The molecule has 2 saturated heterocycles. The fourth-order valence-electron chi connectivity index (χ4n) is 2.90. The molecule has 0 aliphatic carbocycles. The zero-order chi connectivity index (χ0) is 16.6. The van der Waals surface area contributed by atoms with Crippen molar-refractivity contribution in [1.82, 2.24) is 9.80 Å². The monoisotopic (exact) mass is 324 g/mol. The maximum atomic E-state index is 13.7. The molecule has 0 radical (unpaired) electrons. The summed E-state index contributed by atoms with van der Waals surface area (Å²) in [5.74, 6) is -2.94. The predicted molar refractivity (Wildman–Crippen MR) is 73.5 cm³/mol. The molecule has 23 heavy (non-hydrogen) atoms. The van der Waals surface area contributed by atoms with Crippen LogP contribution in [-0.4, -0.2) is 53.4 Å². The summed E-state index contributed by atoms with van der Waals surface area (Å²) < 4.78 is 32.0. The Labute approximate surface area is 130 Å². The molecule has 2 aliphatic rings. The van der Waals surface area contributed by atoms with Crippen LogP contribution in [0.4, 0.5) is 13.6 Å². The third-order valence-electron chi connectivity index (χ3n) is 4.08. The molecule has 1 aromatic rings. The van der Waals surface area contributed by atoms with Crippen molar-refractivity contribution in [2.75, 3.05) is 19.7 Å². The number of rotatable bonds is 2. The molecule has 122 valence electrons. The van der Waals surface area contributed by atoms with Gasteiger partial charge in [-0.1, -0.05) is 6.07 Å². The number of imide groups is 1. The maximum absolute atomic E-state index is 13.7. The molecule has 3 rings (SSSR count). The summed E-state index contributed by atoms with van der Waals surface area (Å²) in [5.41, 5.74) is -0.581. The van der Waals surface area contributed by atoms with E-state index in [1.165, 1.54) is 11.0 Å². The van der Waals surface area contributed by atoms with Gasteiger partial charge >= 0.3 is 6.09 Å². The Balaban J connectivity index is 1.68. The molecular weight excluding hydrogens is 310 g/mol. The second-order valence-electron chi connectivity index (χ2n) is 5.44. The Bertz CT molecular complexity index is 635. The van der Waals surface area contributed by atoms with Gasteiger partial charge in [0.1, 0.15) is 17.2 Å². The number of piperidine rings is 1. The zero-order valence-electron chi connectivity index (χ0n) is 12.1. The average Bonchev–Trinajstić information content (AvgIpc) is 2.86. The Hall–Kier alpha value is -2.51. The third kappa shape index (κ3) is 2.76. The Morgan fingerprint density at radius 2 is 1.74 bits per heavy atom. The van der Waals surface area contributed by atoms with Crippen LogP contribution in [0, 0.1) is 11.6 Å². The van der Waals surface area contributed by atoms with Crippen molar-refractivity contribution in [3.05, 3.63) is 35.4 Å². The maximum Gasteiger partial charge on any atom is 0.417 e. The highest BCUT2D eigenvalue weighted by atomic mass is 19.1. The van der Waals surface area contributed by atoms with Gasteiger partial charge in [-0.25, -0.2) is 18.5 Å². The van der Waals surface area contributed by atoms with Crippen LogP contribution < -0.4 is 0 Å².